The second-order valence-corrected chi connectivity index (χ2v) is 5.51. The summed E-state index contributed by atoms with van der Waals surface area (Å²) in [5.41, 5.74) is 1.28. The summed E-state index contributed by atoms with van der Waals surface area (Å²) in [5, 5.41) is 11.1. The Morgan fingerprint density at radius 3 is 2.45 bits per heavy atom. The molecule has 0 saturated carbocycles. The van der Waals surface area contributed by atoms with Crippen LogP contribution in [0.25, 0.3) is 0 Å². The molecule has 0 fully saturated rings. The molecular formula is C13H12Br2N2O3. The van der Waals surface area contributed by atoms with Crippen LogP contribution in [0.3, 0.4) is 0 Å². The fourth-order valence-corrected chi connectivity index (χ4v) is 2.96. The van der Waals surface area contributed by atoms with Gasteiger partial charge in [0, 0.05) is 8.95 Å². The Morgan fingerprint density at radius 2 is 1.95 bits per heavy atom. The predicted molar refractivity (Wildman–Crippen MR) is 81.0 cm³/mol. The number of carbonyl (C=O) groups is 2. The van der Waals surface area contributed by atoms with Gasteiger partial charge in [0.1, 0.15) is 6.42 Å². The van der Waals surface area contributed by atoms with Gasteiger partial charge in [0.25, 0.3) is 0 Å². The molecule has 106 valence electrons. The maximum absolute atomic E-state index is 11.4. The Balaban J connectivity index is 2.89. The van der Waals surface area contributed by atoms with Crippen LogP contribution in [0.4, 0.5) is 5.69 Å². The monoisotopic (exact) mass is 402 g/mol. The molecule has 0 atom stereocenters. The first-order chi connectivity index (χ1) is 9.47. The van der Waals surface area contributed by atoms with Gasteiger partial charge < -0.3 is 10.1 Å². The van der Waals surface area contributed by atoms with Crippen molar-refractivity contribution in [2.24, 2.45) is 0 Å². The molecule has 0 aliphatic heterocycles. The summed E-state index contributed by atoms with van der Waals surface area (Å²) >= 11 is 6.65. The first-order valence-electron chi connectivity index (χ1n) is 5.78. The smallest absolute Gasteiger partial charge is 0.310 e. The Bertz CT molecular complexity index is 544. The van der Waals surface area contributed by atoms with Crippen molar-refractivity contribution in [3.63, 3.8) is 0 Å². The molecule has 5 nitrogen and oxygen atoms in total. The van der Waals surface area contributed by atoms with Gasteiger partial charge in [-0.05, 0) is 56.5 Å². The number of anilines is 1. The molecule has 1 aromatic rings. The van der Waals surface area contributed by atoms with E-state index in [1.807, 2.05) is 0 Å². The number of rotatable bonds is 5. The summed E-state index contributed by atoms with van der Waals surface area (Å²) in [6.45, 7) is 2.08. The summed E-state index contributed by atoms with van der Waals surface area (Å²) in [5.74, 6) is -0.709. The lowest BCUT2D eigenvalue weighted by Crippen LogP contribution is -2.12. The van der Waals surface area contributed by atoms with E-state index in [1.165, 1.54) is 0 Å². The molecule has 1 amide bonds. The van der Waals surface area contributed by atoms with E-state index in [2.05, 4.69) is 37.2 Å². The van der Waals surface area contributed by atoms with Gasteiger partial charge in [-0.3, -0.25) is 9.59 Å². The Kier molecular flexibility index (Phi) is 6.68. The number of nitrogens with zero attached hydrogens (tertiary/aromatic N) is 1. The number of amides is 1. The number of esters is 1. The number of hydrogen-bond donors (Lipinski definition) is 1. The fraction of sp³-hybridized carbons (Fsp3) is 0.308. The molecule has 1 rings (SSSR count). The minimum Gasteiger partial charge on any atom is -0.466 e. The van der Waals surface area contributed by atoms with E-state index in [9.17, 15) is 9.59 Å². The van der Waals surface area contributed by atoms with Crippen molar-refractivity contribution in [3.05, 3.63) is 26.6 Å². The molecular weight excluding hydrogens is 392 g/mol. The highest BCUT2D eigenvalue weighted by Crippen LogP contribution is 2.32. The standard InChI is InChI=1S/C13H12Br2N2O3/c1-2-20-12(19)7-8-5-9(14)13(10(15)6-8)17-11(18)3-4-16/h5-6H,2-3,7H2,1H3,(H,17,18). The van der Waals surface area contributed by atoms with Crippen molar-refractivity contribution in [1.82, 2.24) is 0 Å². The zero-order valence-corrected chi connectivity index (χ0v) is 13.9. The van der Waals surface area contributed by atoms with Crippen molar-refractivity contribution in [1.29, 1.82) is 5.26 Å². The third-order valence-corrected chi connectivity index (χ3v) is 3.51. The van der Waals surface area contributed by atoms with E-state index < -0.39 is 5.91 Å². The average molecular weight is 404 g/mol. The van der Waals surface area contributed by atoms with Gasteiger partial charge in [-0.1, -0.05) is 0 Å². The van der Waals surface area contributed by atoms with Gasteiger partial charge >= 0.3 is 5.97 Å². The molecule has 1 aromatic carbocycles. The van der Waals surface area contributed by atoms with Crippen molar-refractivity contribution >= 4 is 49.4 Å². The van der Waals surface area contributed by atoms with Crippen molar-refractivity contribution < 1.29 is 14.3 Å². The lowest BCUT2D eigenvalue weighted by Gasteiger charge is -2.11. The van der Waals surface area contributed by atoms with E-state index >= 15 is 0 Å². The van der Waals surface area contributed by atoms with Crippen LogP contribution in [0, 0.1) is 11.3 Å². The molecule has 0 aliphatic rings. The normalized spacial score (nSPS) is 9.70. The highest BCUT2D eigenvalue weighted by molar-refractivity contribution is 9.11. The molecule has 0 unspecified atom stereocenters. The zero-order chi connectivity index (χ0) is 15.1. The predicted octanol–water partition coefficient (Wildman–Crippen LogP) is 3.17. The first-order valence-corrected chi connectivity index (χ1v) is 7.36. The van der Waals surface area contributed by atoms with Gasteiger partial charge in [0.2, 0.25) is 5.91 Å². The lowest BCUT2D eigenvalue weighted by molar-refractivity contribution is -0.142. The van der Waals surface area contributed by atoms with Crippen LogP contribution in [0.1, 0.15) is 18.9 Å². The Morgan fingerprint density at radius 1 is 1.35 bits per heavy atom. The van der Waals surface area contributed by atoms with Gasteiger partial charge in [-0.25, -0.2) is 0 Å². The van der Waals surface area contributed by atoms with E-state index in [0.717, 1.165) is 5.56 Å². The maximum atomic E-state index is 11.4. The molecule has 0 radical (unpaired) electrons. The number of nitrogens with one attached hydrogen (secondary N) is 1. The summed E-state index contributed by atoms with van der Waals surface area (Å²) in [6.07, 6.45) is -0.0685. The molecule has 0 bridgehead atoms. The maximum Gasteiger partial charge on any atom is 0.310 e. The Labute approximate surface area is 133 Å². The van der Waals surface area contributed by atoms with E-state index in [-0.39, 0.29) is 18.8 Å². The molecule has 0 aliphatic carbocycles. The lowest BCUT2D eigenvalue weighted by atomic mass is 10.1. The number of nitriles is 1. The van der Waals surface area contributed by atoms with Crippen LogP contribution >= 0.6 is 31.9 Å². The van der Waals surface area contributed by atoms with Crippen LogP contribution in [-0.4, -0.2) is 18.5 Å². The van der Waals surface area contributed by atoms with Gasteiger partial charge in [-0.15, -0.1) is 0 Å². The molecule has 0 heterocycles. The second kappa shape index (κ2) is 8.02. The highest BCUT2D eigenvalue weighted by Gasteiger charge is 2.13. The number of benzene rings is 1. The van der Waals surface area contributed by atoms with Crippen LogP contribution in [0.15, 0.2) is 21.1 Å². The third kappa shape index (κ3) is 4.94. The summed E-state index contributed by atoms with van der Waals surface area (Å²) in [4.78, 5) is 22.8. The minimum absolute atomic E-state index is 0.150. The summed E-state index contributed by atoms with van der Waals surface area (Å²) in [7, 11) is 0. The number of hydrogen-bond acceptors (Lipinski definition) is 4. The van der Waals surface area contributed by atoms with Crippen LogP contribution < -0.4 is 5.32 Å². The van der Waals surface area contributed by atoms with E-state index in [1.54, 1.807) is 25.1 Å². The van der Waals surface area contributed by atoms with Gasteiger partial charge in [0.15, 0.2) is 0 Å². The third-order valence-electron chi connectivity index (χ3n) is 2.26. The molecule has 7 heteroatoms. The summed E-state index contributed by atoms with van der Waals surface area (Å²) < 4.78 is 6.12. The number of halogens is 2. The second-order valence-electron chi connectivity index (χ2n) is 3.80. The largest absolute Gasteiger partial charge is 0.466 e. The van der Waals surface area contributed by atoms with E-state index in [4.69, 9.17) is 10.00 Å². The van der Waals surface area contributed by atoms with Crippen molar-refractivity contribution in [3.8, 4) is 6.07 Å². The molecule has 0 saturated heterocycles. The van der Waals surface area contributed by atoms with Crippen LogP contribution in [-0.2, 0) is 20.7 Å². The average Bonchev–Trinajstić information content (AvgIpc) is 2.34. The SMILES string of the molecule is CCOC(=O)Cc1cc(Br)c(NC(=O)CC#N)c(Br)c1. The van der Waals surface area contributed by atoms with Crippen molar-refractivity contribution in [2.75, 3.05) is 11.9 Å². The quantitative estimate of drug-likeness (QED) is 0.765. The number of ether oxygens (including phenoxy) is 1. The molecule has 0 aromatic heterocycles. The van der Waals surface area contributed by atoms with E-state index in [0.29, 0.717) is 21.2 Å². The van der Waals surface area contributed by atoms with Crippen molar-refractivity contribution in [2.45, 2.75) is 19.8 Å². The highest BCUT2D eigenvalue weighted by atomic mass is 79.9. The Hall–Kier alpha value is -1.39. The zero-order valence-electron chi connectivity index (χ0n) is 10.7. The topological polar surface area (TPSA) is 79.2 Å². The van der Waals surface area contributed by atoms with Gasteiger partial charge in [-0.2, -0.15) is 5.26 Å². The van der Waals surface area contributed by atoms with Crippen LogP contribution in [0.2, 0.25) is 0 Å². The minimum atomic E-state index is -0.396. The molecule has 0 spiro atoms. The molecule has 20 heavy (non-hydrogen) atoms. The fourth-order valence-electron chi connectivity index (χ4n) is 1.48. The van der Waals surface area contributed by atoms with Crippen LogP contribution in [0.5, 0.6) is 0 Å². The molecule has 1 N–H and O–H groups in total. The summed E-state index contributed by atoms with van der Waals surface area (Å²) in [6, 6.07) is 5.23. The number of carbonyl (C=O) groups excluding carboxylic acids is 2. The first kappa shape index (κ1) is 16.7. The van der Waals surface area contributed by atoms with Gasteiger partial charge in [0.05, 0.1) is 24.8 Å².